The number of methoxy groups -OCH3 is 2. The first-order chi connectivity index (χ1) is 11.6. The molecule has 0 unspecified atom stereocenters. The van der Waals surface area contributed by atoms with Crippen LogP contribution >= 0.6 is 11.3 Å². The molecule has 2 aromatic heterocycles. The van der Waals surface area contributed by atoms with E-state index in [4.69, 9.17) is 14.5 Å². The van der Waals surface area contributed by atoms with Crippen molar-refractivity contribution in [2.45, 2.75) is 26.8 Å². The van der Waals surface area contributed by atoms with Gasteiger partial charge in [0.1, 0.15) is 11.4 Å². The molecule has 24 heavy (non-hydrogen) atoms. The summed E-state index contributed by atoms with van der Waals surface area (Å²) in [4.78, 5) is 9.33. The molecule has 0 aliphatic carbocycles. The van der Waals surface area contributed by atoms with Crippen LogP contribution in [0.1, 0.15) is 32.0 Å². The predicted molar refractivity (Wildman–Crippen MR) is 101 cm³/mol. The van der Waals surface area contributed by atoms with E-state index in [2.05, 4.69) is 24.1 Å². The van der Waals surface area contributed by atoms with Gasteiger partial charge in [-0.3, -0.25) is 0 Å². The zero-order chi connectivity index (χ0) is 17.5. The van der Waals surface area contributed by atoms with Gasteiger partial charge in [-0.25, -0.2) is 9.97 Å². The van der Waals surface area contributed by atoms with Crippen molar-refractivity contribution in [2.24, 2.45) is 0 Å². The van der Waals surface area contributed by atoms with Crippen molar-refractivity contribution in [1.82, 2.24) is 9.97 Å². The second-order valence-corrected chi connectivity index (χ2v) is 6.24. The SMILES string of the molecule is C/C=C\c1c(OC)cc(-c2csc(NC(C)C)n2)nc1/C=C/OC. The Kier molecular flexibility index (Phi) is 6.37. The van der Waals surface area contributed by atoms with Crippen molar-refractivity contribution in [3.8, 4) is 17.1 Å². The van der Waals surface area contributed by atoms with Crippen LogP contribution in [0.2, 0.25) is 0 Å². The maximum atomic E-state index is 5.55. The highest BCUT2D eigenvalue weighted by atomic mass is 32.1. The van der Waals surface area contributed by atoms with Crippen LogP contribution in [-0.4, -0.2) is 30.2 Å². The Morgan fingerprint density at radius 1 is 1.17 bits per heavy atom. The number of hydrogen-bond acceptors (Lipinski definition) is 6. The van der Waals surface area contributed by atoms with Crippen LogP contribution in [-0.2, 0) is 4.74 Å². The summed E-state index contributed by atoms with van der Waals surface area (Å²) >= 11 is 1.56. The second-order valence-electron chi connectivity index (χ2n) is 5.38. The van der Waals surface area contributed by atoms with Crippen LogP contribution in [0.15, 0.2) is 23.8 Å². The molecule has 0 aliphatic heterocycles. The van der Waals surface area contributed by atoms with Crippen LogP contribution in [0.3, 0.4) is 0 Å². The minimum absolute atomic E-state index is 0.337. The highest BCUT2D eigenvalue weighted by Gasteiger charge is 2.13. The number of thiazole rings is 1. The first kappa shape index (κ1) is 18.0. The summed E-state index contributed by atoms with van der Waals surface area (Å²) in [6, 6.07) is 2.25. The molecule has 0 saturated heterocycles. The van der Waals surface area contributed by atoms with Crippen LogP contribution in [0, 0.1) is 0 Å². The standard InChI is InChI=1S/C18H23N3O2S/c1-6-7-13-14(8-9-22-4)20-15(10-17(13)23-5)16-11-24-18(21-16)19-12(2)3/h6-12H,1-5H3,(H,19,21)/b7-6-,9-8+. The van der Waals surface area contributed by atoms with Gasteiger partial charge in [-0.1, -0.05) is 12.2 Å². The summed E-state index contributed by atoms with van der Waals surface area (Å²) in [6.45, 7) is 6.13. The van der Waals surface area contributed by atoms with E-state index in [1.165, 1.54) is 0 Å². The number of aromatic nitrogens is 2. The number of hydrogen-bond donors (Lipinski definition) is 1. The van der Waals surface area contributed by atoms with Crippen molar-refractivity contribution >= 4 is 28.6 Å². The van der Waals surface area contributed by atoms with Crippen molar-refractivity contribution in [2.75, 3.05) is 19.5 Å². The highest BCUT2D eigenvalue weighted by molar-refractivity contribution is 7.14. The fraction of sp³-hybridized carbons (Fsp3) is 0.333. The van der Waals surface area contributed by atoms with Gasteiger partial charge in [-0.05, 0) is 26.8 Å². The quantitative estimate of drug-likeness (QED) is 0.738. The van der Waals surface area contributed by atoms with Crippen LogP contribution < -0.4 is 10.1 Å². The molecule has 0 fully saturated rings. The van der Waals surface area contributed by atoms with Crippen LogP contribution in [0.5, 0.6) is 5.75 Å². The Morgan fingerprint density at radius 3 is 2.58 bits per heavy atom. The minimum atomic E-state index is 0.337. The average molecular weight is 345 g/mol. The van der Waals surface area contributed by atoms with Crippen molar-refractivity contribution in [3.63, 3.8) is 0 Å². The monoisotopic (exact) mass is 345 g/mol. The van der Waals surface area contributed by atoms with Gasteiger partial charge >= 0.3 is 0 Å². The smallest absolute Gasteiger partial charge is 0.183 e. The van der Waals surface area contributed by atoms with Gasteiger partial charge in [0.2, 0.25) is 0 Å². The van der Waals surface area contributed by atoms with Crippen molar-refractivity contribution < 1.29 is 9.47 Å². The first-order valence-electron chi connectivity index (χ1n) is 7.72. The molecule has 0 aliphatic rings. The van der Waals surface area contributed by atoms with E-state index >= 15 is 0 Å². The third kappa shape index (κ3) is 4.35. The normalized spacial score (nSPS) is 11.6. The molecule has 5 nitrogen and oxygen atoms in total. The lowest BCUT2D eigenvalue weighted by Gasteiger charge is -2.10. The van der Waals surface area contributed by atoms with E-state index in [1.807, 2.05) is 36.6 Å². The summed E-state index contributed by atoms with van der Waals surface area (Å²) in [5, 5.41) is 6.18. The Hall–Kier alpha value is -2.34. The molecule has 2 heterocycles. The molecule has 0 bridgehead atoms. The number of rotatable bonds is 7. The van der Waals surface area contributed by atoms with Crippen molar-refractivity contribution in [3.05, 3.63) is 35.0 Å². The molecule has 0 saturated carbocycles. The topological polar surface area (TPSA) is 56.3 Å². The van der Waals surface area contributed by atoms with Crippen molar-refractivity contribution in [1.29, 1.82) is 0 Å². The zero-order valence-corrected chi connectivity index (χ0v) is 15.5. The highest BCUT2D eigenvalue weighted by Crippen LogP contribution is 2.31. The fourth-order valence-electron chi connectivity index (χ4n) is 2.15. The summed E-state index contributed by atoms with van der Waals surface area (Å²) in [7, 11) is 3.26. The molecule has 0 atom stereocenters. The molecule has 2 aromatic rings. The Labute approximate surface area is 147 Å². The van der Waals surface area contributed by atoms with Gasteiger partial charge < -0.3 is 14.8 Å². The Balaban J connectivity index is 2.50. The van der Waals surface area contributed by atoms with Gasteiger partial charge in [0.05, 0.1) is 31.9 Å². The van der Waals surface area contributed by atoms with Gasteiger partial charge in [0.25, 0.3) is 0 Å². The van der Waals surface area contributed by atoms with Crippen LogP contribution in [0.4, 0.5) is 5.13 Å². The second kappa shape index (κ2) is 8.49. The third-order valence-corrected chi connectivity index (χ3v) is 3.92. The van der Waals surface area contributed by atoms with E-state index in [9.17, 15) is 0 Å². The number of nitrogens with zero attached hydrogens (tertiary/aromatic N) is 2. The molecular weight excluding hydrogens is 322 g/mol. The molecule has 0 aromatic carbocycles. The number of anilines is 1. The van der Waals surface area contributed by atoms with E-state index < -0.39 is 0 Å². The maximum absolute atomic E-state index is 5.55. The summed E-state index contributed by atoms with van der Waals surface area (Å²) in [6.07, 6.45) is 7.35. The lowest BCUT2D eigenvalue weighted by molar-refractivity contribution is 0.341. The van der Waals surface area contributed by atoms with E-state index in [0.29, 0.717) is 6.04 Å². The minimum Gasteiger partial charge on any atom is -0.504 e. The van der Waals surface area contributed by atoms with Gasteiger partial charge in [-0.2, -0.15) is 0 Å². The molecule has 128 valence electrons. The van der Waals surface area contributed by atoms with E-state index in [0.717, 1.165) is 33.5 Å². The average Bonchev–Trinajstić information content (AvgIpc) is 3.01. The molecule has 0 amide bonds. The maximum Gasteiger partial charge on any atom is 0.183 e. The first-order valence-corrected chi connectivity index (χ1v) is 8.60. The zero-order valence-electron chi connectivity index (χ0n) is 14.7. The lowest BCUT2D eigenvalue weighted by Crippen LogP contribution is -2.09. The van der Waals surface area contributed by atoms with Gasteiger partial charge in [0, 0.05) is 23.1 Å². The van der Waals surface area contributed by atoms with Crippen LogP contribution in [0.25, 0.3) is 23.5 Å². The molecule has 0 radical (unpaired) electrons. The summed E-state index contributed by atoms with van der Waals surface area (Å²) in [5.41, 5.74) is 3.27. The van der Waals surface area contributed by atoms with E-state index in [-0.39, 0.29) is 0 Å². The lowest BCUT2D eigenvalue weighted by atomic mass is 10.1. The largest absolute Gasteiger partial charge is 0.504 e. The van der Waals surface area contributed by atoms with Gasteiger partial charge in [0.15, 0.2) is 5.13 Å². The Bertz CT molecular complexity index is 736. The number of ether oxygens (including phenoxy) is 2. The third-order valence-electron chi connectivity index (χ3n) is 3.14. The molecular formula is C18H23N3O2S. The van der Waals surface area contributed by atoms with Gasteiger partial charge in [-0.15, -0.1) is 11.3 Å². The molecule has 6 heteroatoms. The number of nitrogens with one attached hydrogen (secondary N) is 1. The number of allylic oxidation sites excluding steroid dienone is 1. The Morgan fingerprint density at radius 2 is 1.96 bits per heavy atom. The number of pyridine rings is 1. The molecule has 2 rings (SSSR count). The summed E-state index contributed by atoms with van der Waals surface area (Å²) in [5.74, 6) is 0.750. The summed E-state index contributed by atoms with van der Waals surface area (Å²) < 4.78 is 10.6. The van der Waals surface area contributed by atoms with E-state index in [1.54, 1.807) is 31.8 Å². The predicted octanol–water partition coefficient (Wildman–Crippen LogP) is 4.68. The molecule has 1 N–H and O–H groups in total. The fourth-order valence-corrected chi connectivity index (χ4v) is 3.00. The molecule has 0 spiro atoms.